The minimum absolute atomic E-state index is 0.155. The molecule has 4 atom stereocenters. The number of benzene rings is 4. The lowest BCUT2D eigenvalue weighted by molar-refractivity contribution is -0.0417. The molecular weight excluding hydrogens is 1010 g/mol. The monoisotopic (exact) mass is 1060 g/mol. The van der Waals surface area contributed by atoms with E-state index in [1.807, 2.05) is 24.3 Å². The molecule has 0 N–H and O–H groups in total. The molecule has 4 unspecified atom stereocenters. The predicted molar refractivity (Wildman–Crippen MR) is 248 cm³/mol. The topological polar surface area (TPSA) is 80.4 Å². The molecule has 320 valence electrons. The highest BCUT2D eigenvalue weighted by molar-refractivity contribution is 9.11. The van der Waals surface area contributed by atoms with Gasteiger partial charge in [-0.25, -0.2) is 0 Å². The number of hydrogen-bond acceptors (Lipinski definition) is 8. The third kappa shape index (κ3) is 14.1. The highest BCUT2D eigenvalue weighted by Gasteiger charge is 2.28. The third-order valence-electron chi connectivity index (χ3n) is 10.4. The van der Waals surface area contributed by atoms with E-state index < -0.39 is 0 Å². The molecule has 2 aliphatic heterocycles. The van der Waals surface area contributed by atoms with Crippen LogP contribution < -0.4 is 9.47 Å². The molecule has 0 spiro atoms. The number of unbranched alkanes of at least 4 members (excludes halogenated alkanes) is 2. The van der Waals surface area contributed by atoms with Gasteiger partial charge in [0.15, 0.2) is 0 Å². The lowest BCUT2D eigenvalue weighted by atomic mass is 9.77. The van der Waals surface area contributed by atoms with E-state index in [0.717, 1.165) is 104 Å². The van der Waals surface area contributed by atoms with Gasteiger partial charge < -0.3 is 37.9 Å². The fourth-order valence-electron chi connectivity index (χ4n) is 6.43. The Bertz CT molecular complexity index is 1730. The van der Waals surface area contributed by atoms with E-state index >= 15 is 0 Å². The smallest absolute Gasteiger partial charge is 0.119 e. The van der Waals surface area contributed by atoms with E-state index in [4.69, 9.17) is 37.9 Å². The van der Waals surface area contributed by atoms with Crippen molar-refractivity contribution in [2.75, 3.05) is 66.1 Å². The Morgan fingerprint density at radius 2 is 0.932 bits per heavy atom. The van der Waals surface area contributed by atoms with Crippen LogP contribution in [-0.2, 0) is 33.8 Å². The van der Waals surface area contributed by atoms with E-state index in [1.54, 1.807) is 0 Å². The Morgan fingerprint density at radius 1 is 0.576 bits per heavy atom. The lowest BCUT2D eigenvalue weighted by Crippen LogP contribution is -2.29. The molecule has 12 heteroatoms. The van der Waals surface area contributed by atoms with Crippen molar-refractivity contribution in [3.05, 3.63) is 102 Å². The first-order chi connectivity index (χ1) is 28.5. The van der Waals surface area contributed by atoms with Gasteiger partial charge in [-0.05, 0) is 83.6 Å². The van der Waals surface area contributed by atoms with Crippen LogP contribution in [0, 0.1) is 0 Å². The second-order valence-electron chi connectivity index (χ2n) is 15.6. The normalized spacial score (nSPS) is 17.2. The van der Waals surface area contributed by atoms with Crippen LogP contribution in [0.3, 0.4) is 0 Å². The molecule has 0 radical (unpaired) electrons. The number of hydrogen-bond donors (Lipinski definition) is 0. The molecule has 0 bridgehead atoms. The van der Waals surface area contributed by atoms with Crippen molar-refractivity contribution >= 4 is 63.7 Å². The van der Waals surface area contributed by atoms with Gasteiger partial charge >= 0.3 is 0 Å². The molecule has 2 fully saturated rings. The van der Waals surface area contributed by atoms with Gasteiger partial charge in [0.25, 0.3) is 0 Å². The summed E-state index contributed by atoms with van der Waals surface area (Å²) in [5.41, 5.74) is 6.30. The number of halogens is 4. The molecule has 0 saturated carbocycles. The summed E-state index contributed by atoms with van der Waals surface area (Å²) in [4.78, 5) is 0. The fraction of sp³-hybridized carbons (Fsp3) is 0.489. The summed E-state index contributed by atoms with van der Waals surface area (Å²) in [5.74, 6) is 1.57. The highest BCUT2D eigenvalue weighted by Crippen LogP contribution is 2.45. The van der Waals surface area contributed by atoms with Crippen molar-refractivity contribution in [1.29, 1.82) is 0 Å². The molecule has 0 aromatic heterocycles. The standard InChI is InChI=1S/C47H56Br4O8/c1-5-7-17-52-23-37(56-27-39-29-58-39)25-54-35-13-9-31(10-14-35)45-41(48)19-33(20-42(45)49)47(3,4)34-21-43(50)46(44(51)22-34)32-11-15-36(16-12-32)55-26-38(24-53-18-8-6-2)57-28-40-30-59-40/h9-16,19-22,37-40H,5-8,17-18,23-30H2,1-4H3. The maximum atomic E-state index is 6.16. The summed E-state index contributed by atoms with van der Waals surface area (Å²) in [6.45, 7) is 14.7. The van der Waals surface area contributed by atoms with Crippen LogP contribution in [0.1, 0.15) is 64.5 Å². The van der Waals surface area contributed by atoms with Gasteiger partial charge in [0.1, 0.15) is 49.1 Å². The zero-order valence-electron chi connectivity index (χ0n) is 34.4. The molecule has 2 heterocycles. The van der Waals surface area contributed by atoms with E-state index in [9.17, 15) is 0 Å². The van der Waals surface area contributed by atoms with Gasteiger partial charge in [0.2, 0.25) is 0 Å². The summed E-state index contributed by atoms with van der Waals surface area (Å²) >= 11 is 15.7. The zero-order valence-corrected chi connectivity index (χ0v) is 40.8. The van der Waals surface area contributed by atoms with Crippen molar-refractivity contribution < 1.29 is 37.9 Å². The number of ether oxygens (including phenoxy) is 8. The number of rotatable bonds is 26. The van der Waals surface area contributed by atoms with Crippen molar-refractivity contribution in [1.82, 2.24) is 0 Å². The zero-order chi connectivity index (χ0) is 41.8. The Kier molecular flexibility index (Phi) is 18.2. The summed E-state index contributed by atoms with van der Waals surface area (Å²) < 4.78 is 50.7. The molecule has 0 aliphatic carbocycles. The third-order valence-corrected chi connectivity index (χ3v) is 12.9. The van der Waals surface area contributed by atoms with Gasteiger partial charge in [0, 0.05) is 47.6 Å². The summed E-state index contributed by atoms with van der Waals surface area (Å²) in [6, 6.07) is 25.2. The van der Waals surface area contributed by atoms with Gasteiger partial charge in [-0.3, -0.25) is 0 Å². The largest absolute Gasteiger partial charge is 0.491 e. The Morgan fingerprint density at radius 3 is 1.25 bits per heavy atom. The SMILES string of the molecule is CCCCOCC(COc1ccc(-c2c(Br)cc(C(C)(C)c3cc(Br)c(-c4ccc(OCC(COCCCC)OCC5CO5)cc4)c(Br)c3)cc2Br)cc1)OCC1CO1. The Labute approximate surface area is 383 Å². The summed E-state index contributed by atoms with van der Waals surface area (Å²) in [6.07, 6.45) is 4.34. The minimum Gasteiger partial charge on any atom is -0.491 e. The molecule has 4 aromatic carbocycles. The second kappa shape index (κ2) is 23.0. The molecular formula is C47H56Br4O8. The van der Waals surface area contributed by atoms with Crippen LogP contribution in [0.15, 0.2) is 90.7 Å². The Balaban J connectivity index is 1.08. The first kappa shape index (κ1) is 46.7. The van der Waals surface area contributed by atoms with Crippen molar-refractivity contribution in [3.8, 4) is 33.8 Å². The van der Waals surface area contributed by atoms with Crippen molar-refractivity contribution in [2.45, 2.75) is 83.2 Å². The van der Waals surface area contributed by atoms with Crippen LogP contribution >= 0.6 is 63.7 Å². The number of epoxide rings is 2. The van der Waals surface area contributed by atoms with E-state index in [2.05, 4.69) is 140 Å². The average Bonchev–Trinajstić information content (AvgIpc) is 4.17. The average molecular weight is 1070 g/mol. The highest BCUT2D eigenvalue weighted by atomic mass is 79.9. The maximum Gasteiger partial charge on any atom is 0.119 e. The minimum atomic E-state index is -0.322. The molecule has 0 amide bonds. The second-order valence-corrected chi connectivity index (χ2v) is 19.0. The van der Waals surface area contributed by atoms with Gasteiger partial charge in [-0.15, -0.1) is 0 Å². The first-order valence-corrected chi connectivity index (χ1v) is 23.8. The molecule has 8 nitrogen and oxygen atoms in total. The lowest BCUT2D eigenvalue weighted by Gasteiger charge is -2.29. The fourth-order valence-corrected chi connectivity index (χ4v) is 9.72. The molecule has 2 aliphatic rings. The molecule has 2 saturated heterocycles. The van der Waals surface area contributed by atoms with Gasteiger partial charge in [-0.1, -0.05) is 129 Å². The quantitative estimate of drug-likeness (QED) is 0.0454. The van der Waals surface area contributed by atoms with Crippen LogP contribution in [0.2, 0.25) is 0 Å². The van der Waals surface area contributed by atoms with Crippen LogP contribution in [0.4, 0.5) is 0 Å². The van der Waals surface area contributed by atoms with E-state index in [-0.39, 0.29) is 29.8 Å². The van der Waals surface area contributed by atoms with Gasteiger partial charge in [0.05, 0.1) is 39.6 Å². The summed E-state index contributed by atoms with van der Waals surface area (Å²) in [5, 5.41) is 0. The molecule has 6 rings (SSSR count). The van der Waals surface area contributed by atoms with Crippen molar-refractivity contribution in [2.24, 2.45) is 0 Å². The van der Waals surface area contributed by atoms with E-state index in [0.29, 0.717) is 39.6 Å². The predicted octanol–water partition coefficient (Wildman–Crippen LogP) is 12.4. The Hall–Kier alpha value is -1.84. The van der Waals surface area contributed by atoms with Crippen LogP contribution in [0.5, 0.6) is 11.5 Å². The van der Waals surface area contributed by atoms with Crippen LogP contribution in [-0.4, -0.2) is 90.5 Å². The molecule has 4 aromatic rings. The van der Waals surface area contributed by atoms with E-state index in [1.165, 1.54) is 11.1 Å². The van der Waals surface area contributed by atoms with Gasteiger partial charge in [-0.2, -0.15) is 0 Å². The van der Waals surface area contributed by atoms with Crippen molar-refractivity contribution in [3.63, 3.8) is 0 Å². The molecule has 59 heavy (non-hydrogen) atoms. The first-order valence-electron chi connectivity index (χ1n) is 20.6. The maximum absolute atomic E-state index is 6.16. The summed E-state index contributed by atoms with van der Waals surface area (Å²) in [7, 11) is 0. The van der Waals surface area contributed by atoms with Crippen LogP contribution in [0.25, 0.3) is 22.3 Å².